The van der Waals surface area contributed by atoms with Gasteiger partial charge in [0.25, 0.3) is 0 Å². The minimum Gasteiger partial charge on any atom is -0.380 e. The van der Waals surface area contributed by atoms with Crippen LogP contribution in [0.2, 0.25) is 5.02 Å². The lowest BCUT2D eigenvalue weighted by molar-refractivity contribution is 0.616. The molecule has 1 aliphatic carbocycles. The lowest BCUT2D eigenvalue weighted by Gasteiger charge is -2.05. The van der Waals surface area contributed by atoms with Gasteiger partial charge in [0.05, 0.1) is 6.04 Å². The summed E-state index contributed by atoms with van der Waals surface area (Å²) in [5.41, 5.74) is 7.71. The van der Waals surface area contributed by atoms with Gasteiger partial charge in [-0.2, -0.15) is 0 Å². The van der Waals surface area contributed by atoms with Crippen LogP contribution in [-0.2, 0) is 0 Å². The molecule has 0 spiro atoms. The summed E-state index contributed by atoms with van der Waals surface area (Å²) >= 11 is 5.97. The summed E-state index contributed by atoms with van der Waals surface area (Å²) in [6, 6.07) is 8.06. The third kappa shape index (κ3) is 1.55. The number of hydrogen-bond acceptors (Lipinski definition) is 3. The average Bonchev–Trinajstić information content (AvgIpc) is 3.02. The van der Waals surface area contributed by atoms with Crippen molar-refractivity contribution in [2.45, 2.75) is 18.9 Å². The maximum atomic E-state index is 5.97. The molecule has 0 aliphatic heterocycles. The third-order valence-corrected chi connectivity index (χ3v) is 2.95. The number of nitrogen functional groups attached to an aromatic ring is 1. The minimum absolute atomic E-state index is 0.457. The van der Waals surface area contributed by atoms with Crippen LogP contribution in [0.25, 0.3) is 11.3 Å². The molecule has 1 aromatic heterocycles. The number of rotatable bonds is 2. The van der Waals surface area contributed by atoms with Crippen molar-refractivity contribution in [3.8, 4) is 11.3 Å². The van der Waals surface area contributed by atoms with Crippen molar-refractivity contribution in [3.05, 3.63) is 29.3 Å². The molecule has 1 saturated carbocycles. The van der Waals surface area contributed by atoms with Gasteiger partial charge in [0, 0.05) is 10.6 Å². The molecule has 1 heterocycles. The van der Waals surface area contributed by atoms with Crippen LogP contribution in [0.3, 0.4) is 0 Å². The van der Waals surface area contributed by atoms with Gasteiger partial charge in [-0.25, -0.2) is 4.68 Å². The van der Waals surface area contributed by atoms with Crippen LogP contribution in [0.1, 0.15) is 18.9 Å². The summed E-state index contributed by atoms with van der Waals surface area (Å²) in [4.78, 5) is 0. The third-order valence-electron chi connectivity index (χ3n) is 2.71. The molecule has 0 unspecified atom stereocenters. The van der Waals surface area contributed by atoms with Crippen molar-refractivity contribution in [3.63, 3.8) is 0 Å². The maximum absolute atomic E-state index is 5.97. The van der Waals surface area contributed by atoms with Crippen LogP contribution in [-0.4, -0.2) is 15.0 Å². The number of aromatic nitrogens is 3. The highest BCUT2D eigenvalue weighted by molar-refractivity contribution is 6.30. The fourth-order valence-corrected chi connectivity index (χ4v) is 1.99. The number of benzene rings is 1. The highest BCUT2D eigenvalue weighted by Gasteiger charge is 2.28. The van der Waals surface area contributed by atoms with Crippen molar-refractivity contribution >= 4 is 17.4 Å². The number of nitrogens with two attached hydrogens (primary N) is 1. The van der Waals surface area contributed by atoms with Crippen molar-refractivity contribution < 1.29 is 0 Å². The van der Waals surface area contributed by atoms with Crippen LogP contribution in [0.4, 0.5) is 5.82 Å². The van der Waals surface area contributed by atoms with Gasteiger partial charge in [0.1, 0.15) is 5.69 Å². The Balaban J connectivity index is 2.14. The van der Waals surface area contributed by atoms with Gasteiger partial charge in [0.2, 0.25) is 0 Å². The molecule has 3 rings (SSSR count). The quantitative estimate of drug-likeness (QED) is 0.869. The fourth-order valence-electron chi connectivity index (χ4n) is 1.80. The normalized spacial score (nSPS) is 15.3. The van der Waals surface area contributed by atoms with Crippen LogP contribution in [0.5, 0.6) is 0 Å². The lowest BCUT2D eigenvalue weighted by atomic mass is 10.1. The molecule has 2 aromatic rings. The zero-order chi connectivity index (χ0) is 11.1. The second-order valence-electron chi connectivity index (χ2n) is 4.01. The van der Waals surface area contributed by atoms with E-state index in [4.69, 9.17) is 17.3 Å². The first kappa shape index (κ1) is 9.66. The zero-order valence-electron chi connectivity index (χ0n) is 8.60. The van der Waals surface area contributed by atoms with Crippen LogP contribution >= 0.6 is 11.6 Å². The molecule has 5 heteroatoms. The highest BCUT2D eigenvalue weighted by atomic mass is 35.5. The van der Waals surface area contributed by atoms with Crippen molar-refractivity contribution in [2.24, 2.45) is 0 Å². The molecule has 16 heavy (non-hydrogen) atoms. The first-order valence-corrected chi connectivity index (χ1v) is 5.60. The number of halogens is 1. The Kier molecular flexibility index (Phi) is 2.11. The van der Waals surface area contributed by atoms with E-state index < -0.39 is 0 Å². The van der Waals surface area contributed by atoms with Gasteiger partial charge >= 0.3 is 0 Å². The van der Waals surface area contributed by atoms with Crippen molar-refractivity contribution in [2.75, 3.05) is 5.73 Å². The second kappa shape index (κ2) is 3.49. The van der Waals surface area contributed by atoms with E-state index in [0.29, 0.717) is 16.9 Å². The maximum Gasteiger partial charge on any atom is 0.174 e. The largest absolute Gasteiger partial charge is 0.380 e. The molecule has 0 saturated heterocycles. The van der Waals surface area contributed by atoms with E-state index in [2.05, 4.69) is 10.3 Å². The molecule has 0 bridgehead atoms. The van der Waals surface area contributed by atoms with E-state index in [-0.39, 0.29) is 0 Å². The van der Waals surface area contributed by atoms with Gasteiger partial charge in [-0.1, -0.05) is 28.9 Å². The van der Waals surface area contributed by atoms with Crippen molar-refractivity contribution in [1.29, 1.82) is 0 Å². The first-order chi connectivity index (χ1) is 7.75. The molecule has 4 nitrogen and oxygen atoms in total. The van der Waals surface area contributed by atoms with Crippen LogP contribution in [0, 0.1) is 0 Å². The van der Waals surface area contributed by atoms with E-state index in [1.807, 2.05) is 28.9 Å². The Hall–Kier alpha value is -1.55. The Bertz CT molecular complexity index is 531. The molecular formula is C11H11ClN4. The summed E-state index contributed by atoms with van der Waals surface area (Å²) in [5.74, 6) is 0.467. The molecule has 0 atom stereocenters. The molecule has 0 amide bonds. The average molecular weight is 235 g/mol. The second-order valence-corrected chi connectivity index (χ2v) is 4.45. The Morgan fingerprint density at radius 3 is 2.88 bits per heavy atom. The molecule has 82 valence electrons. The summed E-state index contributed by atoms with van der Waals surface area (Å²) in [6.07, 6.45) is 2.30. The minimum atomic E-state index is 0.457. The topological polar surface area (TPSA) is 56.7 Å². The first-order valence-electron chi connectivity index (χ1n) is 5.22. The predicted molar refractivity (Wildman–Crippen MR) is 63.2 cm³/mol. The van der Waals surface area contributed by atoms with E-state index in [9.17, 15) is 0 Å². The lowest BCUT2D eigenvalue weighted by Crippen LogP contribution is -2.00. The molecular weight excluding hydrogens is 224 g/mol. The van der Waals surface area contributed by atoms with Crippen molar-refractivity contribution in [1.82, 2.24) is 15.0 Å². The van der Waals surface area contributed by atoms with E-state index in [1.165, 1.54) is 0 Å². The van der Waals surface area contributed by atoms with Gasteiger partial charge in [-0.05, 0) is 25.0 Å². The number of nitrogens with zero attached hydrogens (tertiary/aromatic N) is 3. The SMILES string of the molecule is Nc1nnn(C2CC2)c1-c1cccc(Cl)c1. The van der Waals surface area contributed by atoms with E-state index >= 15 is 0 Å². The fraction of sp³-hybridized carbons (Fsp3) is 0.273. The Morgan fingerprint density at radius 2 is 2.19 bits per heavy atom. The monoisotopic (exact) mass is 234 g/mol. The highest BCUT2D eigenvalue weighted by Crippen LogP contribution is 2.39. The van der Waals surface area contributed by atoms with E-state index in [1.54, 1.807) is 0 Å². The summed E-state index contributed by atoms with van der Waals surface area (Å²) in [6.45, 7) is 0. The Morgan fingerprint density at radius 1 is 1.38 bits per heavy atom. The van der Waals surface area contributed by atoms with E-state index in [0.717, 1.165) is 24.1 Å². The van der Waals surface area contributed by atoms with Crippen LogP contribution < -0.4 is 5.73 Å². The van der Waals surface area contributed by atoms with Crippen LogP contribution in [0.15, 0.2) is 24.3 Å². The standard InChI is InChI=1S/C11H11ClN4/c12-8-3-1-2-7(6-8)10-11(13)14-15-16(10)9-4-5-9/h1-3,6,9H,4-5,13H2. The van der Waals surface area contributed by atoms with Gasteiger partial charge in [0.15, 0.2) is 5.82 Å². The summed E-state index contributed by atoms with van der Waals surface area (Å²) < 4.78 is 1.90. The zero-order valence-corrected chi connectivity index (χ0v) is 9.35. The van der Waals surface area contributed by atoms with Gasteiger partial charge in [-0.3, -0.25) is 0 Å². The van der Waals surface area contributed by atoms with Gasteiger partial charge in [-0.15, -0.1) is 5.10 Å². The summed E-state index contributed by atoms with van der Waals surface area (Å²) in [5, 5.41) is 8.71. The smallest absolute Gasteiger partial charge is 0.174 e. The number of anilines is 1. The number of hydrogen-bond donors (Lipinski definition) is 1. The molecule has 2 N–H and O–H groups in total. The molecule has 1 aliphatic rings. The van der Waals surface area contributed by atoms with Gasteiger partial charge < -0.3 is 5.73 Å². The molecule has 1 aromatic carbocycles. The molecule has 1 fully saturated rings. The predicted octanol–water partition coefficient (Wildman–Crippen LogP) is 2.52. The molecule has 0 radical (unpaired) electrons. The Labute approximate surface area is 98.0 Å². The summed E-state index contributed by atoms with van der Waals surface area (Å²) in [7, 11) is 0.